The maximum Gasteiger partial charge on any atom is 0.149 e. The van der Waals surface area contributed by atoms with Crippen molar-refractivity contribution in [2.24, 2.45) is 0 Å². The van der Waals surface area contributed by atoms with E-state index in [1.807, 2.05) is 0 Å². The van der Waals surface area contributed by atoms with Gasteiger partial charge in [-0.2, -0.15) is 0 Å². The van der Waals surface area contributed by atoms with Gasteiger partial charge in [0.25, 0.3) is 0 Å². The molecule has 8 heavy (non-hydrogen) atoms. The van der Waals surface area contributed by atoms with Gasteiger partial charge < -0.3 is 0 Å². The van der Waals surface area contributed by atoms with Crippen molar-refractivity contribution in [1.29, 1.82) is 0 Å². The SMILES string of the molecule is C.CCS(=O)(=O)CC. The van der Waals surface area contributed by atoms with Gasteiger partial charge in [0.2, 0.25) is 0 Å². The monoisotopic (exact) mass is 138 g/mol. The number of hydrogen-bond donors (Lipinski definition) is 0. The molecule has 0 aromatic heterocycles. The lowest BCUT2D eigenvalue weighted by Crippen LogP contribution is -2.04. The number of hydrogen-bond acceptors (Lipinski definition) is 2. The van der Waals surface area contributed by atoms with Gasteiger partial charge in [-0.3, -0.25) is 0 Å². The van der Waals surface area contributed by atoms with E-state index in [-0.39, 0.29) is 18.9 Å². The summed E-state index contributed by atoms with van der Waals surface area (Å²) in [6.45, 7) is 3.30. The normalized spacial score (nSPS) is 10.2. The van der Waals surface area contributed by atoms with Crippen molar-refractivity contribution in [2.45, 2.75) is 21.3 Å². The molecule has 3 heteroatoms. The second-order valence-electron chi connectivity index (χ2n) is 1.32. The highest BCUT2D eigenvalue weighted by atomic mass is 32.2. The van der Waals surface area contributed by atoms with Crippen LogP contribution in [0.3, 0.4) is 0 Å². The Morgan fingerprint density at radius 3 is 1.38 bits per heavy atom. The zero-order valence-corrected chi connectivity index (χ0v) is 5.46. The minimum Gasteiger partial charge on any atom is -0.229 e. The lowest BCUT2D eigenvalue weighted by Gasteiger charge is -1.89. The Hall–Kier alpha value is -0.0500. The molecule has 0 fully saturated rings. The summed E-state index contributed by atoms with van der Waals surface area (Å²) in [4.78, 5) is 0. The molecule has 0 aromatic rings. The second-order valence-corrected chi connectivity index (χ2v) is 3.96. The Morgan fingerprint density at radius 2 is 1.38 bits per heavy atom. The van der Waals surface area contributed by atoms with E-state index in [0.29, 0.717) is 0 Å². The van der Waals surface area contributed by atoms with E-state index in [9.17, 15) is 8.42 Å². The molecular formula is C5H14O2S. The van der Waals surface area contributed by atoms with Crippen LogP contribution in [0.2, 0.25) is 0 Å². The lowest BCUT2D eigenvalue weighted by molar-refractivity contribution is 0.598. The van der Waals surface area contributed by atoms with E-state index in [1.165, 1.54) is 0 Å². The van der Waals surface area contributed by atoms with Gasteiger partial charge in [0.05, 0.1) is 0 Å². The minimum atomic E-state index is -2.66. The summed E-state index contributed by atoms with van der Waals surface area (Å²) < 4.78 is 20.7. The third-order valence-corrected chi connectivity index (χ3v) is 2.64. The average Bonchev–Trinajstić information content (AvgIpc) is 1.68. The molecule has 52 valence electrons. The first-order valence-corrected chi connectivity index (χ1v) is 4.15. The highest BCUT2D eigenvalue weighted by molar-refractivity contribution is 7.91. The van der Waals surface area contributed by atoms with Crippen LogP contribution in [0.15, 0.2) is 0 Å². The second kappa shape index (κ2) is 3.89. The maximum absolute atomic E-state index is 10.4. The van der Waals surface area contributed by atoms with Crippen LogP contribution >= 0.6 is 0 Å². The molecule has 0 atom stereocenters. The van der Waals surface area contributed by atoms with E-state index in [2.05, 4.69) is 0 Å². The van der Waals surface area contributed by atoms with E-state index >= 15 is 0 Å². The van der Waals surface area contributed by atoms with Crippen molar-refractivity contribution in [1.82, 2.24) is 0 Å². The third-order valence-electron chi connectivity index (χ3n) is 0.880. The first-order valence-electron chi connectivity index (χ1n) is 2.32. The van der Waals surface area contributed by atoms with Crippen LogP contribution in [0.5, 0.6) is 0 Å². The Labute approximate surface area is 51.8 Å². The molecule has 0 aliphatic carbocycles. The molecule has 0 unspecified atom stereocenters. The predicted octanol–water partition coefficient (Wildman–Crippen LogP) is 1.08. The predicted molar refractivity (Wildman–Crippen MR) is 36.7 cm³/mol. The molecule has 0 radical (unpaired) electrons. The van der Waals surface area contributed by atoms with Crippen molar-refractivity contribution in [2.75, 3.05) is 11.5 Å². The van der Waals surface area contributed by atoms with Gasteiger partial charge in [-0.15, -0.1) is 0 Å². The fraction of sp³-hybridized carbons (Fsp3) is 1.00. The van der Waals surface area contributed by atoms with E-state index < -0.39 is 9.84 Å². The van der Waals surface area contributed by atoms with Gasteiger partial charge in [-0.1, -0.05) is 21.3 Å². The minimum absolute atomic E-state index is 0. The van der Waals surface area contributed by atoms with Gasteiger partial charge in [0.15, 0.2) is 0 Å². The van der Waals surface area contributed by atoms with Gasteiger partial charge in [-0.25, -0.2) is 8.42 Å². The molecule has 0 heterocycles. The van der Waals surface area contributed by atoms with Crippen molar-refractivity contribution in [3.63, 3.8) is 0 Å². The zero-order chi connectivity index (χ0) is 5.91. The van der Waals surface area contributed by atoms with Crippen LogP contribution in [-0.2, 0) is 9.84 Å². The fourth-order valence-corrected chi connectivity index (χ4v) is 0.612. The van der Waals surface area contributed by atoms with Gasteiger partial charge in [0.1, 0.15) is 9.84 Å². The summed E-state index contributed by atoms with van der Waals surface area (Å²) in [6.07, 6.45) is 0. The maximum atomic E-state index is 10.4. The standard InChI is InChI=1S/C4H10O2S.CH4/c1-3-7(5,6)4-2;/h3-4H2,1-2H3;1H4. The summed E-state index contributed by atoms with van der Waals surface area (Å²) in [5, 5.41) is 0. The van der Waals surface area contributed by atoms with Crippen LogP contribution in [0.1, 0.15) is 21.3 Å². The smallest absolute Gasteiger partial charge is 0.149 e. The van der Waals surface area contributed by atoms with E-state index in [1.54, 1.807) is 13.8 Å². The summed E-state index contributed by atoms with van der Waals surface area (Å²) in [7, 11) is -2.66. The summed E-state index contributed by atoms with van der Waals surface area (Å²) in [6, 6.07) is 0. The lowest BCUT2D eigenvalue weighted by atomic mass is 11.0. The van der Waals surface area contributed by atoms with Gasteiger partial charge >= 0.3 is 0 Å². The molecule has 0 saturated heterocycles. The Kier molecular flexibility index (Phi) is 5.28. The topological polar surface area (TPSA) is 34.1 Å². The molecular weight excluding hydrogens is 124 g/mol. The Morgan fingerprint density at radius 1 is 1.12 bits per heavy atom. The van der Waals surface area contributed by atoms with Crippen molar-refractivity contribution in [3.8, 4) is 0 Å². The molecule has 0 rings (SSSR count). The first kappa shape index (κ1) is 10.8. The largest absolute Gasteiger partial charge is 0.229 e. The first-order chi connectivity index (χ1) is 3.12. The third kappa shape index (κ3) is 4.12. The molecule has 0 aliphatic heterocycles. The molecule has 0 aromatic carbocycles. The summed E-state index contributed by atoms with van der Waals surface area (Å²) in [5.41, 5.74) is 0. The van der Waals surface area contributed by atoms with Crippen molar-refractivity contribution >= 4 is 9.84 Å². The highest BCUT2D eigenvalue weighted by Gasteiger charge is 1.99. The number of rotatable bonds is 2. The van der Waals surface area contributed by atoms with Crippen LogP contribution in [-0.4, -0.2) is 19.9 Å². The zero-order valence-electron chi connectivity index (χ0n) is 4.64. The van der Waals surface area contributed by atoms with Crippen LogP contribution in [0.25, 0.3) is 0 Å². The van der Waals surface area contributed by atoms with Crippen molar-refractivity contribution < 1.29 is 8.42 Å². The van der Waals surface area contributed by atoms with Crippen molar-refractivity contribution in [3.05, 3.63) is 0 Å². The molecule has 0 spiro atoms. The molecule has 0 bridgehead atoms. The average molecular weight is 138 g/mol. The van der Waals surface area contributed by atoms with Crippen LogP contribution in [0, 0.1) is 0 Å². The molecule has 2 nitrogen and oxygen atoms in total. The van der Waals surface area contributed by atoms with Gasteiger partial charge in [0, 0.05) is 11.5 Å². The van der Waals surface area contributed by atoms with E-state index in [0.717, 1.165) is 0 Å². The van der Waals surface area contributed by atoms with Crippen LogP contribution in [0.4, 0.5) is 0 Å². The summed E-state index contributed by atoms with van der Waals surface area (Å²) >= 11 is 0. The molecule has 0 N–H and O–H groups in total. The number of sulfone groups is 1. The highest BCUT2D eigenvalue weighted by Crippen LogP contribution is 1.84. The van der Waals surface area contributed by atoms with E-state index in [4.69, 9.17) is 0 Å². The van der Waals surface area contributed by atoms with Gasteiger partial charge in [-0.05, 0) is 0 Å². The molecule has 0 aliphatic rings. The van der Waals surface area contributed by atoms with Crippen LogP contribution < -0.4 is 0 Å². The Balaban J connectivity index is 0. The quantitative estimate of drug-likeness (QED) is 0.572. The molecule has 0 amide bonds. The molecule has 0 saturated carbocycles. The Bertz CT molecular complexity index is 113. The summed E-state index contributed by atoms with van der Waals surface area (Å²) in [5.74, 6) is 0.535. The fourth-order valence-electron chi connectivity index (χ4n) is 0.204.